The van der Waals surface area contributed by atoms with E-state index in [2.05, 4.69) is 11.3 Å². The van der Waals surface area contributed by atoms with E-state index in [0.29, 0.717) is 0 Å². The summed E-state index contributed by atoms with van der Waals surface area (Å²) in [6, 6.07) is 0. The average molecular weight is 207 g/mol. The van der Waals surface area contributed by atoms with Crippen LogP contribution in [0.15, 0.2) is 12.3 Å². The highest BCUT2D eigenvalue weighted by Crippen LogP contribution is 1.94. The van der Waals surface area contributed by atoms with E-state index in [-0.39, 0.29) is 18.1 Å². The Morgan fingerprint density at radius 2 is 2.00 bits per heavy atom. The van der Waals surface area contributed by atoms with Crippen LogP contribution >= 0.6 is 0 Å². The molecule has 0 aromatic heterocycles. The number of ether oxygens (including phenoxy) is 1. The fourth-order valence-corrected chi connectivity index (χ4v) is 1.12. The SMILES string of the molecule is C=C(NS(=O)(=O)CC)C(=O)OCC. The predicted octanol–water partition coefficient (Wildman–Crippen LogP) is 0.00250. The van der Waals surface area contributed by atoms with E-state index in [1.807, 2.05) is 4.72 Å². The number of nitrogens with one attached hydrogen (secondary N) is 1. The number of carbonyl (C=O) groups excluding carboxylic acids is 1. The fourth-order valence-electron chi connectivity index (χ4n) is 0.520. The van der Waals surface area contributed by atoms with E-state index in [9.17, 15) is 13.2 Å². The molecule has 0 saturated carbocycles. The molecule has 13 heavy (non-hydrogen) atoms. The van der Waals surface area contributed by atoms with Gasteiger partial charge in [0.25, 0.3) is 0 Å². The molecule has 0 aliphatic rings. The molecule has 1 N–H and O–H groups in total. The van der Waals surface area contributed by atoms with Crippen molar-refractivity contribution < 1.29 is 17.9 Å². The minimum absolute atomic E-state index is 0.106. The van der Waals surface area contributed by atoms with Crippen LogP contribution in [0.1, 0.15) is 13.8 Å². The third kappa shape index (κ3) is 4.51. The van der Waals surface area contributed by atoms with Crippen LogP contribution in [0.5, 0.6) is 0 Å². The lowest BCUT2D eigenvalue weighted by molar-refractivity contribution is -0.138. The predicted molar refractivity (Wildman–Crippen MR) is 48.4 cm³/mol. The van der Waals surface area contributed by atoms with Crippen molar-refractivity contribution in [2.45, 2.75) is 13.8 Å². The van der Waals surface area contributed by atoms with Crippen molar-refractivity contribution >= 4 is 16.0 Å². The van der Waals surface area contributed by atoms with Gasteiger partial charge in [-0.2, -0.15) is 0 Å². The minimum Gasteiger partial charge on any atom is -0.461 e. The monoisotopic (exact) mass is 207 g/mol. The molecule has 0 spiro atoms. The Hall–Kier alpha value is -1.04. The van der Waals surface area contributed by atoms with Gasteiger partial charge in [-0.25, -0.2) is 13.2 Å². The quantitative estimate of drug-likeness (QED) is 0.509. The standard InChI is InChI=1S/C7H13NO4S/c1-4-12-7(9)6(3)8-13(10,11)5-2/h8H,3-5H2,1-2H3. The van der Waals surface area contributed by atoms with Gasteiger partial charge in [0.15, 0.2) is 0 Å². The lowest BCUT2D eigenvalue weighted by Gasteiger charge is -2.07. The number of hydrogen-bond acceptors (Lipinski definition) is 4. The smallest absolute Gasteiger partial charge is 0.354 e. The number of esters is 1. The van der Waals surface area contributed by atoms with Gasteiger partial charge in [-0.05, 0) is 13.8 Å². The summed E-state index contributed by atoms with van der Waals surface area (Å²) < 4.78 is 28.4. The highest BCUT2D eigenvalue weighted by Gasteiger charge is 2.13. The zero-order valence-electron chi connectivity index (χ0n) is 7.66. The Balaban J connectivity index is 4.24. The number of hydrogen-bond donors (Lipinski definition) is 1. The summed E-state index contributed by atoms with van der Waals surface area (Å²) in [6.45, 7) is 6.51. The van der Waals surface area contributed by atoms with E-state index in [0.717, 1.165) is 0 Å². The molecule has 0 radical (unpaired) electrons. The molecule has 0 amide bonds. The highest BCUT2D eigenvalue weighted by molar-refractivity contribution is 7.89. The van der Waals surface area contributed by atoms with Crippen molar-refractivity contribution in [3.8, 4) is 0 Å². The van der Waals surface area contributed by atoms with Crippen LogP contribution in [0.25, 0.3) is 0 Å². The molecule has 0 unspecified atom stereocenters. The maximum atomic E-state index is 10.9. The molecule has 0 atom stereocenters. The van der Waals surface area contributed by atoms with Gasteiger partial charge < -0.3 is 4.74 Å². The van der Waals surface area contributed by atoms with Crippen molar-refractivity contribution in [3.63, 3.8) is 0 Å². The maximum Gasteiger partial charge on any atom is 0.354 e. The molecule has 5 nitrogen and oxygen atoms in total. The van der Waals surface area contributed by atoms with E-state index in [1.54, 1.807) is 6.92 Å². The number of carbonyl (C=O) groups is 1. The van der Waals surface area contributed by atoms with E-state index < -0.39 is 16.0 Å². The zero-order chi connectivity index (χ0) is 10.5. The van der Waals surface area contributed by atoms with E-state index in [1.165, 1.54) is 6.92 Å². The lowest BCUT2D eigenvalue weighted by atomic mass is 10.5. The Kier molecular flexibility index (Phi) is 4.47. The van der Waals surface area contributed by atoms with Crippen LogP contribution in [-0.4, -0.2) is 26.7 Å². The Labute approximate surface area is 77.8 Å². The van der Waals surface area contributed by atoms with Gasteiger partial charge in [0, 0.05) is 0 Å². The lowest BCUT2D eigenvalue weighted by Crippen LogP contribution is -2.29. The first kappa shape index (κ1) is 12.0. The van der Waals surface area contributed by atoms with Crippen LogP contribution in [0, 0.1) is 0 Å². The third-order valence-corrected chi connectivity index (χ3v) is 2.50. The van der Waals surface area contributed by atoms with Crippen LogP contribution in [0.2, 0.25) is 0 Å². The maximum absolute atomic E-state index is 10.9. The molecule has 0 aromatic carbocycles. The molecular formula is C7H13NO4S. The molecule has 0 fully saturated rings. The summed E-state index contributed by atoms with van der Waals surface area (Å²) in [5.74, 6) is -0.856. The molecule has 0 aromatic rings. The summed E-state index contributed by atoms with van der Waals surface area (Å²) in [6.07, 6.45) is 0. The topological polar surface area (TPSA) is 72.5 Å². The average Bonchev–Trinajstić information content (AvgIpc) is 2.04. The van der Waals surface area contributed by atoms with Crippen molar-refractivity contribution in [1.82, 2.24) is 4.72 Å². The molecule has 0 aliphatic carbocycles. The van der Waals surface area contributed by atoms with E-state index in [4.69, 9.17) is 0 Å². The van der Waals surface area contributed by atoms with Crippen molar-refractivity contribution in [3.05, 3.63) is 12.3 Å². The van der Waals surface area contributed by atoms with Crippen molar-refractivity contribution in [2.75, 3.05) is 12.4 Å². The van der Waals surface area contributed by atoms with Gasteiger partial charge in [0.2, 0.25) is 10.0 Å². The normalized spacial score (nSPS) is 10.6. The Bertz CT molecular complexity index is 294. The fraction of sp³-hybridized carbons (Fsp3) is 0.571. The minimum atomic E-state index is -3.43. The first-order valence-corrected chi connectivity index (χ1v) is 5.44. The largest absolute Gasteiger partial charge is 0.461 e. The van der Waals surface area contributed by atoms with Gasteiger partial charge in [-0.1, -0.05) is 6.58 Å². The van der Waals surface area contributed by atoms with Gasteiger partial charge in [0.05, 0.1) is 12.4 Å². The summed E-state index contributed by atoms with van der Waals surface area (Å²) in [7, 11) is -3.43. The second-order valence-corrected chi connectivity index (χ2v) is 4.22. The molecule has 0 bridgehead atoms. The zero-order valence-corrected chi connectivity index (χ0v) is 8.48. The second kappa shape index (κ2) is 4.86. The third-order valence-electron chi connectivity index (χ3n) is 1.18. The van der Waals surface area contributed by atoms with Crippen molar-refractivity contribution in [2.24, 2.45) is 0 Å². The van der Waals surface area contributed by atoms with Crippen LogP contribution in [0.3, 0.4) is 0 Å². The van der Waals surface area contributed by atoms with Crippen LogP contribution < -0.4 is 4.72 Å². The highest BCUT2D eigenvalue weighted by atomic mass is 32.2. The van der Waals surface area contributed by atoms with Crippen molar-refractivity contribution in [1.29, 1.82) is 0 Å². The van der Waals surface area contributed by atoms with Gasteiger partial charge >= 0.3 is 5.97 Å². The molecular weight excluding hydrogens is 194 g/mol. The summed E-state index contributed by atoms with van der Waals surface area (Å²) in [5.41, 5.74) is -0.260. The molecule has 0 rings (SSSR count). The molecule has 0 saturated heterocycles. The molecule has 76 valence electrons. The number of rotatable bonds is 5. The molecule has 6 heteroatoms. The summed E-state index contributed by atoms with van der Waals surface area (Å²) >= 11 is 0. The van der Waals surface area contributed by atoms with E-state index >= 15 is 0 Å². The Morgan fingerprint density at radius 3 is 2.38 bits per heavy atom. The Morgan fingerprint density at radius 1 is 1.46 bits per heavy atom. The molecule has 0 heterocycles. The first-order chi connectivity index (χ1) is 5.93. The second-order valence-electron chi connectivity index (χ2n) is 2.20. The first-order valence-electron chi connectivity index (χ1n) is 3.79. The van der Waals surface area contributed by atoms with Gasteiger partial charge in [-0.15, -0.1) is 0 Å². The summed E-state index contributed by atoms with van der Waals surface area (Å²) in [4.78, 5) is 10.9. The summed E-state index contributed by atoms with van der Waals surface area (Å²) in [5, 5.41) is 0. The van der Waals surface area contributed by atoms with Gasteiger partial charge in [-0.3, -0.25) is 4.72 Å². The van der Waals surface area contributed by atoms with Gasteiger partial charge in [0.1, 0.15) is 5.70 Å². The van der Waals surface area contributed by atoms with Crippen LogP contribution in [-0.2, 0) is 19.6 Å². The van der Waals surface area contributed by atoms with Crippen LogP contribution in [0.4, 0.5) is 0 Å². The number of sulfonamides is 1. The molecule has 0 aliphatic heterocycles.